The number of methoxy groups -OCH3 is 1. The van der Waals surface area contributed by atoms with Gasteiger partial charge in [-0.05, 0) is 42.3 Å². The van der Waals surface area contributed by atoms with Crippen molar-refractivity contribution in [1.29, 1.82) is 0 Å². The highest BCUT2D eigenvalue weighted by molar-refractivity contribution is 7.17. The van der Waals surface area contributed by atoms with E-state index < -0.39 is 5.97 Å². The van der Waals surface area contributed by atoms with Crippen LogP contribution in [0.15, 0.2) is 54.6 Å². The highest BCUT2D eigenvalue weighted by Gasteiger charge is 2.23. The maximum atomic E-state index is 12.4. The van der Waals surface area contributed by atoms with Gasteiger partial charge in [-0.3, -0.25) is 4.79 Å². The van der Waals surface area contributed by atoms with Crippen LogP contribution in [0.3, 0.4) is 0 Å². The van der Waals surface area contributed by atoms with Gasteiger partial charge in [0, 0.05) is 16.3 Å². The molecular formula is C22H20ClNO4S. The summed E-state index contributed by atoms with van der Waals surface area (Å²) in [5.41, 5.74) is 2.31. The predicted molar refractivity (Wildman–Crippen MR) is 115 cm³/mol. The minimum Gasteiger partial charge on any atom is -0.484 e. The first-order valence-electron chi connectivity index (χ1n) is 8.90. The molecule has 0 aliphatic heterocycles. The van der Waals surface area contributed by atoms with Gasteiger partial charge in [-0.15, -0.1) is 11.3 Å². The Bertz CT molecular complexity index is 1000. The van der Waals surface area contributed by atoms with Gasteiger partial charge in [0.05, 0.1) is 12.7 Å². The van der Waals surface area contributed by atoms with E-state index in [-0.39, 0.29) is 12.5 Å². The average molecular weight is 430 g/mol. The van der Waals surface area contributed by atoms with Crippen molar-refractivity contribution in [3.63, 3.8) is 0 Å². The first kappa shape index (κ1) is 20.9. The lowest BCUT2D eigenvalue weighted by molar-refractivity contribution is -0.118. The molecule has 5 nitrogen and oxygen atoms in total. The molecule has 0 saturated carbocycles. The second-order valence-electron chi connectivity index (χ2n) is 6.30. The molecule has 1 aromatic heterocycles. The zero-order chi connectivity index (χ0) is 20.8. The minimum absolute atomic E-state index is 0.187. The van der Waals surface area contributed by atoms with Crippen LogP contribution < -0.4 is 10.1 Å². The number of esters is 1. The van der Waals surface area contributed by atoms with E-state index in [1.54, 1.807) is 24.3 Å². The van der Waals surface area contributed by atoms with Gasteiger partial charge in [-0.2, -0.15) is 0 Å². The molecule has 7 heteroatoms. The predicted octanol–water partition coefficient (Wildman–Crippen LogP) is 5.10. The third-order valence-electron chi connectivity index (χ3n) is 4.28. The van der Waals surface area contributed by atoms with Gasteiger partial charge >= 0.3 is 5.97 Å². The van der Waals surface area contributed by atoms with Crippen LogP contribution >= 0.6 is 22.9 Å². The largest absolute Gasteiger partial charge is 0.484 e. The Kier molecular flexibility index (Phi) is 6.90. The molecule has 0 unspecified atom stereocenters. The SMILES string of the molecule is COC(=O)c1c(NC(=O)COc2ccc(Cl)cc2)sc(Cc2ccccc2)c1C. The summed E-state index contributed by atoms with van der Waals surface area (Å²) in [7, 11) is 1.32. The number of thiophene rings is 1. The van der Waals surface area contributed by atoms with Crippen LogP contribution in [0.25, 0.3) is 0 Å². The number of halogens is 1. The fourth-order valence-electron chi connectivity index (χ4n) is 2.79. The van der Waals surface area contributed by atoms with E-state index in [0.29, 0.717) is 27.8 Å². The number of benzene rings is 2. The van der Waals surface area contributed by atoms with E-state index in [1.165, 1.54) is 18.4 Å². The molecule has 0 saturated heterocycles. The number of rotatable bonds is 7. The first-order valence-corrected chi connectivity index (χ1v) is 10.1. The molecule has 0 bridgehead atoms. The van der Waals surface area contributed by atoms with Crippen LogP contribution in [-0.4, -0.2) is 25.6 Å². The Labute approximate surface area is 178 Å². The Morgan fingerprint density at radius 3 is 2.41 bits per heavy atom. The summed E-state index contributed by atoms with van der Waals surface area (Å²) in [4.78, 5) is 25.7. The molecule has 29 heavy (non-hydrogen) atoms. The summed E-state index contributed by atoms with van der Waals surface area (Å²) in [6.45, 7) is 1.67. The van der Waals surface area contributed by atoms with Gasteiger partial charge in [-0.25, -0.2) is 4.79 Å². The van der Waals surface area contributed by atoms with Gasteiger partial charge in [0.2, 0.25) is 0 Å². The van der Waals surface area contributed by atoms with Crippen molar-refractivity contribution in [2.45, 2.75) is 13.3 Å². The van der Waals surface area contributed by atoms with Crippen LogP contribution in [0.2, 0.25) is 5.02 Å². The summed E-state index contributed by atoms with van der Waals surface area (Å²) in [5.74, 6) is -0.311. The first-order chi connectivity index (χ1) is 14.0. The van der Waals surface area contributed by atoms with Crippen molar-refractivity contribution >= 4 is 39.8 Å². The van der Waals surface area contributed by atoms with Crippen LogP contribution in [0.5, 0.6) is 5.75 Å². The topological polar surface area (TPSA) is 64.6 Å². The maximum absolute atomic E-state index is 12.4. The fraction of sp³-hybridized carbons (Fsp3) is 0.182. The van der Waals surface area contributed by atoms with Crippen LogP contribution in [-0.2, 0) is 16.0 Å². The second kappa shape index (κ2) is 9.58. The summed E-state index contributed by atoms with van der Waals surface area (Å²) in [6, 6.07) is 16.7. The Balaban J connectivity index is 1.75. The number of hydrogen-bond acceptors (Lipinski definition) is 5. The molecule has 0 fully saturated rings. The highest BCUT2D eigenvalue weighted by atomic mass is 35.5. The average Bonchev–Trinajstić information content (AvgIpc) is 3.02. The van der Waals surface area contributed by atoms with Gasteiger partial charge in [0.15, 0.2) is 6.61 Å². The molecule has 0 radical (unpaired) electrons. The quantitative estimate of drug-likeness (QED) is 0.530. The molecule has 3 rings (SSSR count). The van der Waals surface area contributed by atoms with Gasteiger partial charge in [0.1, 0.15) is 10.8 Å². The number of nitrogens with one attached hydrogen (secondary N) is 1. The lowest BCUT2D eigenvalue weighted by atomic mass is 10.1. The summed E-state index contributed by atoms with van der Waals surface area (Å²) in [5, 5.41) is 3.83. The van der Waals surface area contributed by atoms with Crippen molar-refractivity contribution in [1.82, 2.24) is 0 Å². The summed E-state index contributed by atoms with van der Waals surface area (Å²) in [6.07, 6.45) is 0.665. The van der Waals surface area contributed by atoms with E-state index in [1.807, 2.05) is 37.3 Å². The lowest BCUT2D eigenvalue weighted by Crippen LogP contribution is -2.21. The lowest BCUT2D eigenvalue weighted by Gasteiger charge is -2.08. The summed E-state index contributed by atoms with van der Waals surface area (Å²) < 4.78 is 10.4. The van der Waals surface area contributed by atoms with Crippen LogP contribution in [0, 0.1) is 6.92 Å². The zero-order valence-electron chi connectivity index (χ0n) is 16.0. The monoisotopic (exact) mass is 429 g/mol. The molecule has 1 amide bonds. The van der Waals surface area contributed by atoms with Gasteiger partial charge < -0.3 is 14.8 Å². The maximum Gasteiger partial charge on any atom is 0.341 e. The van der Waals surface area contributed by atoms with Crippen molar-refractivity contribution < 1.29 is 19.1 Å². The van der Waals surface area contributed by atoms with Gasteiger partial charge in [0.25, 0.3) is 5.91 Å². The third-order valence-corrected chi connectivity index (χ3v) is 5.74. The van der Waals surface area contributed by atoms with Crippen LogP contribution in [0.4, 0.5) is 5.00 Å². The molecule has 150 valence electrons. The Hall–Kier alpha value is -2.83. The van der Waals surface area contributed by atoms with Crippen molar-refractivity contribution in [2.75, 3.05) is 19.0 Å². The molecular weight excluding hydrogens is 410 g/mol. The number of amides is 1. The third kappa shape index (κ3) is 5.37. The van der Waals surface area contributed by atoms with E-state index in [0.717, 1.165) is 16.0 Å². The number of ether oxygens (including phenoxy) is 2. The van der Waals surface area contributed by atoms with E-state index >= 15 is 0 Å². The van der Waals surface area contributed by atoms with Crippen molar-refractivity contribution in [2.24, 2.45) is 0 Å². The van der Waals surface area contributed by atoms with E-state index in [4.69, 9.17) is 21.1 Å². The Morgan fingerprint density at radius 1 is 1.07 bits per heavy atom. The normalized spacial score (nSPS) is 10.4. The van der Waals surface area contributed by atoms with Gasteiger partial charge in [-0.1, -0.05) is 41.9 Å². The molecule has 0 aliphatic carbocycles. The smallest absolute Gasteiger partial charge is 0.341 e. The Morgan fingerprint density at radius 2 is 1.76 bits per heavy atom. The van der Waals surface area contributed by atoms with Crippen LogP contribution in [0.1, 0.15) is 26.4 Å². The molecule has 1 heterocycles. The summed E-state index contributed by atoms with van der Waals surface area (Å²) >= 11 is 7.21. The standard InChI is InChI=1S/C22H20ClNO4S/c1-14-18(12-15-6-4-3-5-7-15)29-21(20(14)22(26)27-2)24-19(25)13-28-17-10-8-16(23)9-11-17/h3-11H,12-13H2,1-2H3,(H,24,25). The molecule has 1 N–H and O–H groups in total. The number of carbonyl (C=O) groups is 2. The number of hydrogen-bond donors (Lipinski definition) is 1. The molecule has 3 aromatic rings. The molecule has 0 spiro atoms. The molecule has 2 aromatic carbocycles. The molecule has 0 atom stereocenters. The number of anilines is 1. The van der Waals surface area contributed by atoms with E-state index in [9.17, 15) is 9.59 Å². The number of carbonyl (C=O) groups excluding carboxylic acids is 2. The van der Waals surface area contributed by atoms with Crippen molar-refractivity contribution in [3.8, 4) is 5.75 Å². The fourth-order valence-corrected chi connectivity index (χ4v) is 4.16. The second-order valence-corrected chi connectivity index (χ2v) is 7.84. The molecule has 0 aliphatic rings. The van der Waals surface area contributed by atoms with E-state index in [2.05, 4.69) is 5.32 Å². The highest BCUT2D eigenvalue weighted by Crippen LogP contribution is 2.35. The zero-order valence-corrected chi connectivity index (χ0v) is 17.6. The minimum atomic E-state index is -0.480. The van der Waals surface area contributed by atoms with Crippen molar-refractivity contribution in [3.05, 3.63) is 81.2 Å².